The van der Waals surface area contributed by atoms with Crippen molar-refractivity contribution in [3.63, 3.8) is 0 Å². The van der Waals surface area contributed by atoms with Crippen LogP contribution in [0.1, 0.15) is 38.5 Å². The third-order valence-electron chi connectivity index (χ3n) is 4.14. The molecule has 1 aliphatic heterocycles. The van der Waals surface area contributed by atoms with E-state index in [1.165, 1.54) is 12.1 Å². The quantitative estimate of drug-likeness (QED) is 0.646. The topological polar surface area (TPSA) is 93.7 Å². The number of ether oxygens (including phenoxy) is 2. The van der Waals surface area contributed by atoms with Gasteiger partial charge in [0.25, 0.3) is 0 Å². The van der Waals surface area contributed by atoms with Crippen molar-refractivity contribution in [2.75, 3.05) is 19.8 Å². The molecule has 1 amide bonds. The molecule has 0 bridgehead atoms. The van der Waals surface area contributed by atoms with Crippen molar-refractivity contribution in [1.29, 1.82) is 0 Å². The highest BCUT2D eigenvalue weighted by atomic mass is 32.2. The summed E-state index contributed by atoms with van der Waals surface area (Å²) in [5.74, 6) is 1.12. The van der Waals surface area contributed by atoms with Crippen molar-refractivity contribution in [3.05, 3.63) is 18.2 Å². The van der Waals surface area contributed by atoms with Gasteiger partial charge in [-0.25, -0.2) is 13.1 Å². The van der Waals surface area contributed by atoms with E-state index in [9.17, 15) is 13.2 Å². The van der Waals surface area contributed by atoms with Gasteiger partial charge in [-0.1, -0.05) is 6.42 Å². The Balaban J connectivity index is 1.38. The maximum atomic E-state index is 12.3. The van der Waals surface area contributed by atoms with Gasteiger partial charge in [-0.15, -0.1) is 0 Å². The summed E-state index contributed by atoms with van der Waals surface area (Å²) in [5, 5.41) is 2.94. The van der Waals surface area contributed by atoms with Crippen LogP contribution in [0.15, 0.2) is 23.1 Å². The van der Waals surface area contributed by atoms with Gasteiger partial charge in [0, 0.05) is 25.1 Å². The van der Waals surface area contributed by atoms with Gasteiger partial charge in [-0.2, -0.15) is 0 Å². The van der Waals surface area contributed by atoms with E-state index < -0.39 is 10.0 Å². The summed E-state index contributed by atoms with van der Waals surface area (Å²) in [7, 11) is -3.57. The largest absolute Gasteiger partial charge is 0.486 e. The average molecular weight is 368 g/mol. The molecule has 2 aliphatic rings. The zero-order valence-electron chi connectivity index (χ0n) is 14.1. The highest BCUT2D eigenvalue weighted by Crippen LogP contribution is 2.32. The summed E-state index contributed by atoms with van der Waals surface area (Å²) < 4.78 is 38.0. The summed E-state index contributed by atoms with van der Waals surface area (Å²) in [4.78, 5) is 11.7. The molecule has 1 aliphatic carbocycles. The van der Waals surface area contributed by atoms with E-state index in [4.69, 9.17) is 9.47 Å². The molecular weight excluding hydrogens is 344 g/mol. The van der Waals surface area contributed by atoms with E-state index >= 15 is 0 Å². The molecule has 0 unspecified atom stereocenters. The van der Waals surface area contributed by atoms with Gasteiger partial charge in [0.2, 0.25) is 15.9 Å². The van der Waals surface area contributed by atoms with Gasteiger partial charge in [0.05, 0.1) is 4.90 Å². The highest BCUT2D eigenvalue weighted by Gasteiger charge is 2.22. The van der Waals surface area contributed by atoms with Crippen molar-refractivity contribution in [2.45, 2.75) is 49.5 Å². The Hall–Kier alpha value is -1.80. The number of rotatable bonds is 9. The first-order valence-electron chi connectivity index (χ1n) is 8.73. The van der Waals surface area contributed by atoms with Crippen LogP contribution in [0.2, 0.25) is 0 Å². The molecule has 7 nitrogen and oxygen atoms in total. The Morgan fingerprint density at radius 2 is 1.84 bits per heavy atom. The van der Waals surface area contributed by atoms with Crippen LogP contribution in [0.25, 0.3) is 0 Å². The molecule has 1 aromatic carbocycles. The van der Waals surface area contributed by atoms with Crippen molar-refractivity contribution in [3.8, 4) is 11.5 Å². The van der Waals surface area contributed by atoms with E-state index in [1.54, 1.807) is 6.07 Å². The number of unbranched alkanes of at least 4 members (excludes halogenated alkanes) is 2. The Labute approximate surface area is 148 Å². The summed E-state index contributed by atoms with van der Waals surface area (Å²) in [5.41, 5.74) is 0. The molecule has 25 heavy (non-hydrogen) atoms. The minimum Gasteiger partial charge on any atom is -0.486 e. The van der Waals surface area contributed by atoms with Crippen molar-refractivity contribution < 1.29 is 22.7 Å². The van der Waals surface area contributed by atoms with E-state index in [2.05, 4.69) is 10.0 Å². The van der Waals surface area contributed by atoms with Crippen molar-refractivity contribution >= 4 is 15.9 Å². The summed E-state index contributed by atoms with van der Waals surface area (Å²) in [6, 6.07) is 5.00. The highest BCUT2D eigenvalue weighted by molar-refractivity contribution is 7.89. The number of carbonyl (C=O) groups is 1. The van der Waals surface area contributed by atoms with E-state index in [1.807, 2.05) is 0 Å². The Morgan fingerprint density at radius 1 is 1.08 bits per heavy atom. The van der Waals surface area contributed by atoms with Gasteiger partial charge in [0.15, 0.2) is 11.5 Å². The van der Waals surface area contributed by atoms with Gasteiger partial charge in [-0.05, 0) is 37.8 Å². The lowest BCUT2D eigenvalue weighted by Gasteiger charge is -2.18. The van der Waals surface area contributed by atoms with Crippen LogP contribution in [0, 0.1) is 0 Å². The Kier molecular flexibility index (Phi) is 5.80. The predicted octanol–water partition coefficient (Wildman–Crippen LogP) is 1.58. The molecule has 3 rings (SSSR count). The molecule has 1 saturated carbocycles. The summed E-state index contributed by atoms with van der Waals surface area (Å²) >= 11 is 0. The lowest BCUT2D eigenvalue weighted by Crippen LogP contribution is -2.26. The van der Waals surface area contributed by atoms with Crippen LogP contribution in [0.4, 0.5) is 0 Å². The molecule has 0 aromatic heterocycles. The van der Waals surface area contributed by atoms with Crippen LogP contribution >= 0.6 is 0 Å². The second kappa shape index (κ2) is 8.05. The smallest absolute Gasteiger partial charge is 0.240 e. The summed E-state index contributed by atoms with van der Waals surface area (Å²) in [6.07, 6.45) is 4.96. The molecule has 0 radical (unpaired) electrons. The second-order valence-corrected chi connectivity index (χ2v) is 8.12. The third-order valence-corrected chi connectivity index (χ3v) is 5.60. The van der Waals surface area contributed by atoms with E-state index in [0.717, 1.165) is 25.7 Å². The number of fused-ring (bicyclic) bond motifs is 1. The third kappa shape index (κ3) is 5.34. The molecule has 0 saturated heterocycles. The number of hydrogen-bond acceptors (Lipinski definition) is 5. The summed E-state index contributed by atoms with van der Waals surface area (Å²) in [6.45, 7) is 1.23. The lowest BCUT2D eigenvalue weighted by atomic mass is 10.2. The Morgan fingerprint density at radius 3 is 2.60 bits per heavy atom. The maximum absolute atomic E-state index is 12.3. The van der Waals surface area contributed by atoms with E-state index in [-0.39, 0.29) is 10.8 Å². The number of sulfonamides is 1. The molecule has 8 heteroatoms. The van der Waals surface area contributed by atoms with Gasteiger partial charge in [-0.3, -0.25) is 4.79 Å². The molecule has 1 heterocycles. The number of carbonyl (C=O) groups excluding carboxylic acids is 1. The zero-order chi connectivity index (χ0) is 17.7. The normalized spacial score (nSPS) is 16.5. The number of hydrogen-bond donors (Lipinski definition) is 2. The van der Waals surface area contributed by atoms with Crippen LogP contribution in [0.5, 0.6) is 11.5 Å². The molecule has 0 atom stereocenters. The predicted molar refractivity (Wildman–Crippen MR) is 92.3 cm³/mol. The first-order chi connectivity index (χ1) is 12.0. The fourth-order valence-electron chi connectivity index (χ4n) is 2.60. The van der Waals surface area contributed by atoms with Gasteiger partial charge >= 0.3 is 0 Å². The van der Waals surface area contributed by atoms with Crippen LogP contribution in [-0.4, -0.2) is 40.1 Å². The number of benzene rings is 1. The van der Waals surface area contributed by atoms with Gasteiger partial charge < -0.3 is 14.8 Å². The van der Waals surface area contributed by atoms with Crippen molar-refractivity contribution in [2.24, 2.45) is 0 Å². The molecule has 1 aromatic rings. The van der Waals surface area contributed by atoms with Crippen LogP contribution in [-0.2, 0) is 14.8 Å². The standard InChI is InChI=1S/C17H24N2O5S/c20-17(19-13-5-6-13)4-2-1-3-9-18-25(21,22)14-7-8-15-16(12-14)24-11-10-23-15/h7-8,12-13,18H,1-6,9-11H2,(H,19,20). The number of nitrogens with one attached hydrogen (secondary N) is 2. The lowest BCUT2D eigenvalue weighted by molar-refractivity contribution is -0.121. The second-order valence-electron chi connectivity index (χ2n) is 6.36. The minimum absolute atomic E-state index is 0.0966. The number of amides is 1. The molecule has 138 valence electrons. The first-order valence-corrected chi connectivity index (χ1v) is 10.2. The average Bonchev–Trinajstić information content (AvgIpc) is 3.41. The molecule has 1 fully saturated rings. The van der Waals surface area contributed by atoms with Crippen molar-refractivity contribution in [1.82, 2.24) is 10.0 Å². The monoisotopic (exact) mass is 368 g/mol. The molecule has 0 spiro atoms. The minimum atomic E-state index is -3.57. The fourth-order valence-corrected chi connectivity index (χ4v) is 3.68. The van der Waals surface area contributed by atoms with Crippen LogP contribution < -0.4 is 19.5 Å². The Bertz CT molecular complexity index is 716. The van der Waals surface area contributed by atoms with Gasteiger partial charge in [0.1, 0.15) is 13.2 Å². The van der Waals surface area contributed by atoms with Crippen LogP contribution in [0.3, 0.4) is 0 Å². The zero-order valence-corrected chi connectivity index (χ0v) is 14.9. The van der Waals surface area contributed by atoms with E-state index in [0.29, 0.717) is 50.1 Å². The SMILES string of the molecule is O=C(CCCCCNS(=O)(=O)c1ccc2c(c1)OCCO2)NC1CC1. The molecular formula is C17H24N2O5S. The fraction of sp³-hybridized carbons (Fsp3) is 0.588. The first kappa shape index (κ1) is 18.0. The maximum Gasteiger partial charge on any atom is 0.240 e. The molecule has 2 N–H and O–H groups in total.